The van der Waals surface area contributed by atoms with Gasteiger partial charge in [-0.25, -0.2) is 0 Å². The summed E-state index contributed by atoms with van der Waals surface area (Å²) in [5.74, 6) is 2.05. The fourth-order valence-electron chi connectivity index (χ4n) is 9.23. The van der Waals surface area contributed by atoms with Gasteiger partial charge in [0.2, 0.25) is 0 Å². The third-order valence-electron chi connectivity index (χ3n) is 11.7. The van der Waals surface area contributed by atoms with E-state index in [-0.39, 0.29) is 34.4 Å². The molecule has 190 valence electrons. The molecule has 4 fully saturated rings. The van der Waals surface area contributed by atoms with E-state index in [0.717, 1.165) is 25.7 Å². The molecule has 4 saturated carbocycles. The van der Waals surface area contributed by atoms with Gasteiger partial charge in [-0.05, 0) is 90.8 Å². The molecule has 0 aromatic heterocycles. The van der Waals surface area contributed by atoms with Crippen molar-refractivity contribution in [2.75, 3.05) is 0 Å². The highest BCUT2D eigenvalue weighted by atomic mass is 16.3. The smallest absolute Gasteiger partial charge is 0.136 e. The molecule has 0 spiro atoms. The van der Waals surface area contributed by atoms with Crippen molar-refractivity contribution in [3.8, 4) is 0 Å². The maximum atomic E-state index is 13.3. The minimum atomic E-state index is -0.782. The van der Waals surface area contributed by atoms with Gasteiger partial charge in [-0.15, -0.1) is 0 Å². The van der Waals surface area contributed by atoms with E-state index < -0.39 is 24.4 Å². The van der Waals surface area contributed by atoms with Crippen molar-refractivity contribution >= 4 is 5.78 Å². The molecule has 0 bridgehead atoms. The predicted octanol–water partition coefficient (Wildman–Crippen LogP) is 3.81. The van der Waals surface area contributed by atoms with Gasteiger partial charge in [0.15, 0.2) is 0 Å². The lowest BCUT2D eigenvalue weighted by molar-refractivity contribution is -0.175. The Hall–Kier alpha value is -0.490. The Morgan fingerprint density at radius 2 is 1.52 bits per heavy atom. The number of fused-ring (bicyclic) bond motifs is 5. The Kier molecular flexibility index (Phi) is 6.88. The van der Waals surface area contributed by atoms with Gasteiger partial charge in [-0.3, -0.25) is 4.79 Å². The van der Waals surface area contributed by atoms with Gasteiger partial charge < -0.3 is 20.4 Å². The third kappa shape index (κ3) is 3.93. The van der Waals surface area contributed by atoms with Gasteiger partial charge >= 0.3 is 0 Å². The molecular weight excluding hydrogens is 416 g/mol. The first-order chi connectivity index (χ1) is 15.3. The number of hydrogen-bond acceptors (Lipinski definition) is 5. The number of aliphatic hydroxyl groups excluding tert-OH is 4. The standard InChI is InChI=1S/C28H48O5/c1-14(2)15(3)25(32)26(33)16(4)18-7-8-19-17-11-22(29)21-12-23(30)24(31)13-28(21,6)20(17)9-10-27(18,19)5/h14-21,23-26,30-33H,7-13H2,1-6H3/t15-,16+,17+,18-,19+,20+,21-,23+,24-,25+,26+,27-,28-/m1/s1. The zero-order chi connectivity index (χ0) is 24.5. The first-order valence-electron chi connectivity index (χ1n) is 13.6. The number of hydrogen-bond donors (Lipinski definition) is 4. The summed E-state index contributed by atoms with van der Waals surface area (Å²) in [7, 11) is 0. The van der Waals surface area contributed by atoms with Gasteiger partial charge in [0.1, 0.15) is 5.78 Å². The fraction of sp³-hybridized carbons (Fsp3) is 0.964. The monoisotopic (exact) mass is 464 g/mol. The van der Waals surface area contributed by atoms with Crippen LogP contribution in [0.5, 0.6) is 0 Å². The minimum absolute atomic E-state index is 0.0158. The van der Waals surface area contributed by atoms with Crippen molar-refractivity contribution in [3.05, 3.63) is 0 Å². The van der Waals surface area contributed by atoms with Gasteiger partial charge in [0.05, 0.1) is 24.4 Å². The van der Waals surface area contributed by atoms with Gasteiger partial charge in [-0.2, -0.15) is 0 Å². The normalized spacial score (nSPS) is 49.1. The fourth-order valence-corrected chi connectivity index (χ4v) is 9.23. The summed E-state index contributed by atoms with van der Waals surface area (Å²) in [6, 6.07) is 0. The van der Waals surface area contributed by atoms with Crippen LogP contribution in [0.4, 0.5) is 0 Å². The second-order valence-electron chi connectivity index (χ2n) is 13.4. The minimum Gasteiger partial charge on any atom is -0.390 e. The molecule has 4 aliphatic rings. The Morgan fingerprint density at radius 1 is 0.879 bits per heavy atom. The molecule has 0 unspecified atom stereocenters. The van der Waals surface area contributed by atoms with Gasteiger partial charge in [-0.1, -0.05) is 41.5 Å². The molecule has 13 atom stereocenters. The van der Waals surface area contributed by atoms with Crippen LogP contribution in [0.2, 0.25) is 0 Å². The quantitative estimate of drug-likeness (QED) is 0.496. The topological polar surface area (TPSA) is 98.0 Å². The molecule has 0 saturated heterocycles. The maximum absolute atomic E-state index is 13.3. The molecule has 4 aliphatic carbocycles. The largest absolute Gasteiger partial charge is 0.390 e. The molecule has 4 rings (SSSR count). The number of rotatable bonds is 5. The summed E-state index contributed by atoms with van der Waals surface area (Å²) in [5.41, 5.74) is -0.162. The van der Waals surface area contributed by atoms with Crippen LogP contribution in [-0.4, -0.2) is 50.6 Å². The van der Waals surface area contributed by atoms with Crippen LogP contribution in [-0.2, 0) is 4.79 Å². The first-order valence-corrected chi connectivity index (χ1v) is 13.6. The maximum Gasteiger partial charge on any atom is 0.136 e. The Morgan fingerprint density at radius 3 is 2.15 bits per heavy atom. The second kappa shape index (κ2) is 8.87. The molecule has 0 heterocycles. The highest BCUT2D eigenvalue weighted by Crippen LogP contribution is 2.67. The van der Waals surface area contributed by atoms with Crippen molar-refractivity contribution < 1.29 is 25.2 Å². The predicted molar refractivity (Wildman–Crippen MR) is 128 cm³/mol. The Balaban J connectivity index is 1.56. The number of carbonyl (C=O) groups is 1. The lowest BCUT2D eigenvalue weighted by Gasteiger charge is -2.61. The number of Topliss-reactive ketones (excluding diaryl/α,β-unsaturated/α-hetero) is 1. The highest BCUT2D eigenvalue weighted by molar-refractivity contribution is 5.83. The van der Waals surface area contributed by atoms with Crippen LogP contribution >= 0.6 is 0 Å². The molecule has 33 heavy (non-hydrogen) atoms. The van der Waals surface area contributed by atoms with E-state index in [1.165, 1.54) is 0 Å². The van der Waals surface area contributed by atoms with Crippen molar-refractivity contribution in [2.24, 2.45) is 58.2 Å². The average molecular weight is 465 g/mol. The van der Waals surface area contributed by atoms with Crippen molar-refractivity contribution in [1.29, 1.82) is 0 Å². The van der Waals surface area contributed by atoms with Gasteiger partial charge in [0.25, 0.3) is 0 Å². The van der Waals surface area contributed by atoms with Crippen LogP contribution in [0.25, 0.3) is 0 Å². The lowest BCUT2D eigenvalue weighted by atomic mass is 9.44. The molecule has 0 aliphatic heterocycles. The van der Waals surface area contributed by atoms with Crippen LogP contribution in [0.15, 0.2) is 0 Å². The van der Waals surface area contributed by atoms with Gasteiger partial charge in [0, 0.05) is 12.3 Å². The summed E-state index contributed by atoms with van der Waals surface area (Å²) in [5, 5.41) is 42.8. The Bertz CT molecular complexity index is 738. The van der Waals surface area contributed by atoms with E-state index in [1.807, 2.05) is 6.92 Å². The van der Waals surface area contributed by atoms with Crippen molar-refractivity contribution in [1.82, 2.24) is 0 Å². The summed E-state index contributed by atoms with van der Waals surface area (Å²) in [4.78, 5) is 13.3. The molecule has 0 radical (unpaired) electrons. The molecule has 0 aromatic rings. The molecule has 0 aromatic carbocycles. The molecule has 5 heteroatoms. The zero-order valence-electron chi connectivity index (χ0n) is 21.6. The molecule has 4 N–H and O–H groups in total. The molecular formula is C28H48O5. The molecule has 0 amide bonds. The van der Waals surface area contributed by atoms with E-state index >= 15 is 0 Å². The van der Waals surface area contributed by atoms with Crippen LogP contribution in [0.1, 0.15) is 86.5 Å². The van der Waals surface area contributed by atoms with Crippen LogP contribution in [0.3, 0.4) is 0 Å². The summed E-state index contributed by atoms with van der Waals surface area (Å²) >= 11 is 0. The zero-order valence-corrected chi connectivity index (χ0v) is 21.6. The van der Waals surface area contributed by atoms with Crippen LogP contribution in [0, 0.1) is 58.2 Å². The second-order valence-corrected chi connectivity index (χ2v) is 13.4. The third-order valence-corrected chi connectivity index (χ3v) is 11.7. The van der Waals surface area contributed by atoms with Crippen molar-refractivity contribution in [3.63, 3.8) is 0 Å². The SMILES string of the molecule is CC(C)[C@@H](C)[C@H](O)[C@@H](O)[C@@H](C)[C@H]1CC[C@H]2[C@@H]3CC(=O)[C@H]4C[C@H](O)[C@H](O)C[C@]4(C)[C@H]3CC[C@]12C. The lowest BCUT2D eigenvalue weighted by Crippen LogP contribution is -2.59. The number of ketones is 1. The molecule has 5 nitrogen and oxygen atoms in total. The summed E-state index contributed by atoms with van der Waals surface area (Å²) < 4.78 is 0. The summed E-state index contributed by atoms with van der Waals surface area (Å²) in [6.45, 7) is 12.9. The number of carbonyl (C=O) groups excluding carboxylic acids is 1. The highest BCUT2D eigenvalue weighted by Gasteiger charge is 2.63. The van der Waals surface area contributed by atoms with E-state index in [9.17, 15) is 25.2 Å². The first kappa shape index (κ1) is 25.6. The van der Waals surface area contributed by atoms with E-state index in [4.69, 9.17) is 0 Å². The average Bonchev–Trinajstić information content (AvgIpc) is 3.10. The van der Waals surface area contributed by atoms with E-state index in [2.05, 4.69) is 34.6 Å². The summed E-state index contributed by atoms with van der Waals surface area (Å²) in [6.07, 6.45) is 2.80. The van der Waals surface area contributed by atoms with E-state index in [0.29, 0.717) is 48.9 Å². The number of aliphatic hydroxyl groups is 4. The van der Waals surface area contributed by atoms with Crippen LogP contribution < -0.4 is 0 Å². The van der Waals surface area contributed by atoms with Crippen molar-refractivity contribution in [2.45, 2.75) is 111 Å². The Labute approximate surface area is 200 Å². The van der Waals surface area contributed by atoms with E-state index in [1.54, 1.807) is 0 Å².